The van der Waals surface area contributed by atoms with Crippen LogP contribution in [0.2, 0.25) is 0 Å². The molecular formula is C19H24F3N5O. The molecule has 1 aliphatic rings. The third-order valence-electron chi connectivity index (χ3n) is 4.55. The lowest BCUT2D eigenvalue weighted by atomic mass is 10.0. The standard InChI is InChI=1S/C19H24F3N5O/c1-14-11-25-27(12-14)7-6-24-18(23-2)26-8-9-28-17(13-26)15-4-3-5-16(10-15)19(20,21)22/h3-5,10-12,17H,6-9,13H2,1-2H3,(H,23,24). The van der Waals surface area contributed by atoms with Crippen LogP contribution in [-0.4, -0.2) is 53.9 Å². The molecule has 1 N–H and O–H groups in total. The van der Waals surface area contributed by atoms with Crippen molar-refractivity contribution in [2.24, 2.45) is 4.99 Å². The van der Waals surface area contributed by atoms with Crippen LogP contribution in [0.3, 0.4) is 0 Å². The number of benzene rings is 1. The van der Waals surface area contributed by atoms with E-state index in [1.807, 2.05) is 22.7 Å². The van der Waals surface area contributed by atoms with Gasteiger partial charge < -0.3 is 15.0 Å². The monoisotopic (exact) mass is 395 g/mol. The Morgan fingerprint density at radius 2 is 2.21 bits per heavy atom. The van der Waals surface area contributed by atoms with Crippen molar-refractivity contribution in [1.82, 2.24) is 20.0 Å². The molecule has 152 valence electrons. The van der Waals surface area contributed by atoms with Crippen LogP contribution in [0.25, 0.3) is 0 Å². The van der Waals surface area contributed by atoms with Crippen LogP contribution in [0.15, 0.2) is 41.7 Å². The summed E-state index contributed by atoms with van der Waals surface area (Å²) in [4.78, 5) is 6.30. The molecule has 0 aliphatic carbocycles. The van der Waals surface area contributed by atoms with E-state index >= 15 is 0 Å². The highest BCUT2D eigenvalue weighted by Gasteiger charge is 2.32. The number of aliphatic imine (C=N–C) groups is 1. The van der Waals surface area contributed by atoms with Gasteiger partial charge in [0.1, 0.15) is 6.10 Å². The molecule has 0 saturated carbocycles. The number of hydrogen-bond donors (Lipinski definition) is 1. The largest absolute Gasteiger partial charge is 0.416 e. The number of nitrogens with zero attached hydrogens (tertiary/aromatic N) is 4. The minimum atomic E-state index is -4.37. The van der Waals surface area contributed by atoms with E-state index in [2.05, 4.69) is 15.4 Å². The van der Waals surface area contributed by atoms with Gasteiger partial charge in [0, 0.05) is 26.3 Å². The number of hydrogen-bond acceptors (Lipinski definition) is 3. The van der Waals surface area contributed by atoms with E-state index in [1.54, 1.807) is 19.3 Å². The molecule has 1 saturated heterocycles. The first-order chi connectivity index (χ1) is 13.4. The van der Waals surface area contributed by atoms with Gasteiger partial charge in [0.05, 0.1) is 31.5 Å². The van der Waals surface area contributed by atoms with Crippen molar-refractivity contribution >= 4 is 5.96 Å². The fraction of sp³-hybridized carbons (Fsp3) is 0.474. The Morgan fingerprint density at radius 1 is 1.39 bits per heavy atom. The SMILES string of the molecule is CN=C(NCCn1cc(C)cn1)N1CCOC(c2cccc(C(F)(F)F)c2)C1. The highest BCUT2D eigenvalue weighted by molar-refractivity contribution is 5.80. The lowest BCUT2D eigenvalue weighted by molar-refractivity contribution is -0.137. The predicted octanol–water partition coefficient (Wildman–Crippen LogP) is 2.86. The number of rotatable bonds is 4. The number of aromatic nitrogens is 2. The minimum absolute atomic E-state index is 0.417. The first kappa shape index (κ1) is 20.2. The summed E-state index contributed by atoms with van der Waals surface area (Å²) in [5, 5.41) is 7.53. The normalized spacial score (nSPS) is 18.4. The van der Waals surface area contributed by atoms with E-state index < -0.39 is 17.8 Å². The van der Waals surface area contributed by atoms with Crippen LogP contribution >= 0.6 is 0 Å². The second-order valence-corrected chi connectivity index (χ2v) is 6.68. The third-order valence-corrected chi connectivity index (χ3v) is 4.55. The summed E-state index contributed by atoms with van der Waals surface area (Å²) in [6, 6.07) is 5.31. The zero-order valence-corrected chi connectivity index (χ0v) is 15.9. The molecule has 1 aromatic carbocycles. The Hall–Kier alpha value is -2.55. The number of aryl methyl sites for hydroxylation is 1. The number of guanidine groups is 1. The van der Waals surface area contributed by atoms with Crippen LogP contribution < -0.4 is 5.32 Å². The van der Waals surface area contributed by atoms with E-state index in [0.29, 0.717) is 44.3 Å². The Labute approximate surface area is 162 Å². The maximum Gasteiger partial charge on any atom is 0.416 e. The van der Waals surface area contributed by atoms with Crippen LogP contribution in [0.5, 0.6) is 0 Å². The average molecular weight is 395 g/mol. The summed E-state index contributed by atoms with van der Waals surface area (Å²) >= 11 is 0. The van der Waals surface area contributed by atoms with Gasteiger partial charge in [-0.3, -0.25) is 9.67 Å². The average Bonchev–Trinajstić information content (AvgIpc) is 3.10. The van der Waals surface area contributed by atoms with Gasteiger partial charge in [-0.2, -0.15) is 18.3 Å². The smallest absolute Gasteiger partial charge is 0.370 e. The van der Waals surface area contributed by atoms with Crippen molar-refractivity contribution < 1.29 is 17.9 Å². The van der Waals surface area contributed by atoms with Crippen molar-refractivity contribution in [3.05, 3.63) is 53.3 Å². The minimum Gasteiger partial charge on any atom is -0.370 e. The zero-order valence-electron chi connectivity index (χ0n) is 15.9. The van der Waals surface area contributed by atoms with Gasteiger partial charge in [-0.05, 0) is 30.2 Å². The van der Waals surface area contributed by atoms with Gasteiger partial charge in [-0.25, -0.2) is 0 Å². The molecule has 1 atom stereocenters. The number of morpholine rings is 1. The highest BCUT2D eigenvalue weighted by atomic mass is 19.4. The second-order valence-electron chi connectivity index (χ2n) is 6.68. The lowest BCUT2D eigenvalue weighted by Gasteiger charge is -2.35. The second kappa shape index (κ2) is 8.64. The molecule has 0 bridgehead atoms. The van der Waals surface area contributed by atoms with Crippen LogP contribution in [-0.2, 0) is 17.5 Å². The summed E-state index contributed by atoms with van der Waals surface area (Å²) < 4.78 is 46.5. The van der Waals surface area contributed by atoms with Gasteiger partial charge in [0.15, 0.2) is 5.96 Å². The number of nitrogens with one attached hydrogen (secondary N) is 1. The molecule has 2 aromatic rings. The Balaban J connectivity index is 1.61. The molecule has 0 amide bonds. The van der Waals surface area contributed by atoms with E-state index in [1.165, 1.54) is 6.07 Å². The van der Waals surface area contributed by atoms with E-state index in [9.17, 15) is 13.2 Å². The van der Waals surface area contributed by atoms with Crippen molar-refractivity contribution in [2.75, 3.05) is 33.3 Å². The van der Waals surface area contributed by atoms with Crippen LogP contribution in [0.1, 0.15) is 22.8 Å². The van der Waals surface area contributed by atoms with Gasteiger partial charge in [0.2, 0.25) is 0 Å². The van der Waals surface area contributed by atoms with E-state index in [4.69, 9.17) is 4.74 Å². The molecule has 2 heterocycles. The lowest BCUT2D eigenvalue weighted by Crippen LogP contribution is -2.48. The number of halogens is 3. The Kier molecular flexibility index (Phi) is 6.23. The quantitative estimate of drug-likeness (QED) is 0.639. The summed E-state index contributed by atoms with van der Waals surface area (Å²) in [5.41, 5.74) is 0.950. The Morgan fingerprint density at radius 3 is 2.89 bits per heavy atom. The van der Waals surface area contributed by atoms with Gasteiger partial charge in [0.25, 0.3) is 0 Å². The number of ether oxygens (including phenoxy) is 1. The van der Waals surface area contributed by atoms with Gasteiger partial charge in [-0.15, -0.1) is 0 Å². The molecule has 3 rings (SSSR count). The van der Waals surface area contributed by atoms with Gasteiger partial charge in [-0.1, -0.05) is 12.1 Å². The molecule has 28 heavy (non-hydrogen) atoms. The molecule has 0 radical (unpaired) electrons. The molecule has 1 unspecified atom stereocenters. The molecule has 1 fully saturated rings. The Bertz CT molecular complexity index is 818. The van der Waals surface area contributed by atoms with Crippen LogP contribution in [0.4, 0.5) is 13.2 Å². The third kappa shape index (κ3) is 5.03. The van der Waals surface area contributed by atoms with Crippen molar-refractivity contribution in [1.29, 1.82) is 0 Å². The van der Waals surface area contributed by atoms with Crippen LogP contribution in [0, 0.1) is 6.92 Å². The van der Waals surface area contributed by atoms with Gasteiger partial charge >= 0.3 is 6.18 Å². The maximum absolute atomic E-state index is 13.0. The fourth-order valence-corrected chi connectivity index (χ4v) is 3.16. The van der Waals surface area contributed by atoms with E-state index in [0.717, 1.165) is 17.7 Å². The summed E-state index contributed by atoms with van der Waals surface area (Å²) in [5.74, 6) is 0.698. The van der Waals surface area contributed by atoms with E-state index in [-0.39, 0.29) is 0 Å². The molecule has 0 spiro atoms. The first-order valence-corrected chi connectivity index (χ1v) is 9.10. The molecule has 1 aliphatic heterocycles. The first-order valence-electron chi connectivity index (χ1n) is 9.10. The zero-order chi connectivity index (χ0) is 20.1. The molecule has 1 aromatic heterocycles. The highest BCUT2D eigenvalue weighted by Crippen LogP contribution is 2.32. The molecular weight excluding hydrogens is 371 g/mol. The summed E-state index contributed by atoms with van der Waals surface area (Å²) in [6.07, 6.45) is -1.05. The number of alkyl halides is 3. The predicted molar refractivity (Wildman–Crippen MR) is 100 cm³/mol. The topological polar surface area (TPSA) is 54.7 Å². The maximum atomic E-state index is 13.0. The fourth-order valence-electron chi connectivity index (χ4n) is 3.16. The molecule has 6 nitrogen and oxygen atoms in total. The van der Waals surface area contributed by atoms with Crippen molar-refractivity contribution in [3.63, 3.8) is 0 Å². The van der Waals surface area contributed by atoms with Crippen molar-refractivity contribution in [2.45, 2.75) is 25.7 Å². The summed E-state index contributed by atoms with van der Waals surface area (Å²) in [6.45, 7) is 4.78. The summed E-state index contributed by atoms with van der Waals surface area (Å²) in [7, 11) is 1.69. The molecule has 9 heteroatoms. The van der Waals surface area contributed by atoms with Crippen molar-refractivity contribution in [3.8, 4) is 0 Å².